The van der Waals surface area contributed by atoms with Crippen LogP contribution >= 0.6 is 11.8 Å². The minimum atomic E-state index is -0.413. The van der Waals surface area contributed by atoms with Gasteiger partial charge in [-0.15, -0.1) is 0 Å². The van der Waals surface area contributed by atoms with Crippen LogP contribution < -0.4 is 11.4 Å². The molecule has 22 heavy (non-hydrogen) atoms. The Morgan fingerprint density at radius 2 is 1.86 bits per heavy atom. The number of hydrogen-bond acceptors (Lipinski definition) is 3. The van der Waals surface area contributed by atoms with Crippen molar-refractivity contribution < 1.29 is 0 Å². The molecule has 0 saturated carbocycles. The molecule has 114 valence electrons. The Morgan fingerprint density at radius 3 is 2.55 bits per heavy atom. The highest BCUT2D eigenvalue weighted by molar-refractivity contribution is 7.99. The summed E-state index contributed by atoms with van der Waals surface area (Å²) in [4.78, 5) is 17.5. The molecule has 2 aromatic carbocycles. The van der Waals surface area contributed by atoms with E-state index in [-0.39, 0.29) is 5.69 Å². The average Bonchev–Trinajstić information content (AvgIpc) is 2.84. The molecule has 0 aliphatic rings. The van der Waals surface area contributed by atoms with Crippen LogP contribution in [0.15, 0.2) is 63.1 Å². The van der Waals surface area contributed by atoms with Crippen molar-refractivity contribution in [3.63, 3.8) is 0 Å². The normalized spacial score (nSPS) is 12.0. The van der Waals surface area contributed by atoms with Crippen LogP contribution in [0.2, 0.25) is 0 Å². The third-order valence-electron chi connectivity index (χ3n) is 3.74. The Hall–Kier alpha value is -1.98. The van der Waals surface area contributed by atoms with E-state index in [1.807, 2.05) is 50.2 Å². The van der Waals surface area contributed by atoms with Gasteiger partial charge in [0.2, 0.25) is 0 Å². The largest absolute Gasteiger partial charge is 0.328 e. The van der Waals surface area contributed by atoms with Gasteiger partial charge in [-0.25, -0.2) is 4.79 Å². The third-order valence-corrected chi connectivity index (χ3v) is 4.73. The predicted molar refractivity (Wildman–Crippen MR) is 91.5 cm³/mol. The molecule has 0 aliphatic heterocycles. The zero-order chi connectivity index (χ0) is 15.7. The van der Waals surface area contributed by atoms with E-state index in [1.54, 1.807) is 16.3 Å². The number of benzene rings is 2. The maximum Gasteiger partial charge on any atom is 0.327 e. The second-order valence-electron chi connectivity index (χ2n) is 5.88. The summed E-state index contributed by atoms with van der Waals surface area (Å²) in [7, 11) is 0. The Kier molecular flexibility index (Phi) is 3.85. The number of imidazole rings is 1. The van der Waals surface area contributed by atoms with Crippen LogP contribution in [-0.4, -0.2) is 16.1 Å². The smallest absolute Gasteiger partial charge is 0.327 e. The molecule has 0 unspecified atom stereocenters. The zero-order valence-corrected chi connectivity index (χ0v) is 13.5. The summed E-state index contributed by atoms with van der Waals surface area (Å²) < 4.78 is 1.74. The van der Waals surface area contributed by atoms with Gasteiger partial charge in [0.25, 0.3) is 0 Å². The van der Waals surface area contributed by atoms with Gasteiger partial charge in [0.05, 0.1) is 16.6 Å². The van der Waals surface area contributed by atoms with Crippen LogP contribution in [0.5, 0.6) is 0 Å². The van der Waals surface area contributed by atoms with Crippen LogP contribution in [0.25, 0.3) is 11.0 Å². The molecule has 3 N–H and O–H groups in total. The highest BCUT2D eigenvalue weighted by Crippen LogP contribution is 2.30. The number of nitrogens with two attached hydrogens (primary N) is 1. The van der Waals surface area contributed by atoms with Crippen LogP contribution in [0.1, 0.15) is 13.8 Å². The molecule has 0 bridgehead atoms. The van der Waals surface area contributed by atoms with Crippen molar-refractivity contribution in [2.45, 2.75) is 29.2 Å². The van der Waals surface area contributed by atoms with E-state index in [4.69, 9.17) is 5.73 Å². The van der Waals surface area contributed by atoms with Crippen molar-refractivity contribution >= 4 is 22.8 Å². The summed E-state index contributed by atoms with van der Waals surface area (Å²) in [6.45, 7) is 4.34. The van der Waals surface area contributed by atoms with Crippen molar-refractivity contribution in [3.8, 4) is 0 Å². The molecule has 1 aromatic heterocycles. The first-order valence-corrected chi connectivity index (χ1v) is 8.01. The molecule has 0 radical (unpaired) electrons. The minimum absolute atomic E-state index is 0.118. The fourth-order valence-electron chi connectivity index (χ4n) is 2.47. The quantitative estimate of drug-likeness (QED) is 0.777. The van der Waals surface area contributed by atoms with Crippen molar-refractivity contribution in [3.05, 3.63) is 59.0 Å². The fourth-order valence-corrected chi connectivity index (χ4v) is 3.35. The summed E-state index contributed by atoms with van der Waals surface area (Å²) in [5.74, 6) is 0. The summed E-state index contributed by atoms with van der Waals surface area (Å²) in [5, 5.41) is 0. The first kappa shape index (κ1) is 14.9. The second-order valence-corrected chi connectivity index (χ2v) is 7.02. The molecule has 0 saturated heterocycles. The average molecular weight is 313 g/mol. The number of nitrogens with one attached hydrogen (secondary N) is 1. The predicted octanol–water partition coefficient (Wildman–Crippen LogP) is 3.17. The Bertz CT molecular complexity index is 849. The molecular formula is C17H19N3OS. The lowest BCUT2D eigenvalue weighted by Gasteiger charge is -2.24. The zero-order valence-electron chi connectivity index (χ0n) is 12.7. The molecule has 0 spiro atoms. The molecule has 0 aliphatic carbocycles. The highest BCUT2D eigenvalue weighted by Gasteiger charge is 2.23. The van der Waals surface area contributed by atoms with Gasteiger partial charge in [-0.1, -0.05) is 30.0 Å². The summed E-state index contributed by atoms with van der Waals surface area (Å²) in [5.41, 5.74) is 7.01. The summed E-state index contributed by atoms with van der Waals surface area (Å²) in [6.07, 6.45) is 0. The molecule has 0 amide bonds. The monoisotopic (exact) mass is 313 g/mol. The first-order chi connectivity index (χ1) is 10.5. The van der Waals surface area contributed by atoms with E-state index in [9.17, 15) is 4.79 Å². The lowest BCUT2D eigenvalue weighted by Crippen LogP contribution is -2.40. The molecule has 0 fully saturated rings. The van der Waals surface area contributed by atoms with Crippen LogP contribution in [0.3, 0.4) is 0 Å². The van der Waals surface area contributed by atoms with E-state index in [0.717, 1.165) is 15.9 Å². The van der Waals surface area contributed by atoms with Crippen molar-refractivity contribution in [2.24, 2.45) is 5.73 Å². The van der Waals surface area contributed by atoms with E-state index in [1.165, 1.54) is 4.90 Å². The number of nitrogens with zero attached hydrogens (tertiary/aromatic N) is 1. The van der Waals surface area contributed by atoms with Gasteiger partial charge in [-0.2, -0.15) is 0 Å². The van der Waals surface area contributed by atoms with E-state index < -0.39 is 5.54 Å². The van der Waals surface area contributed by atoms with Crippen molar-refractivity contribution in [1.82, 2.24) is 9.55 Å². The van der Waals surface area contributed by atoms with Gasteiger partial charge in [0.15, 0.2) is 0 Å². The maximum absolute atomic E-state index is 12.3. The summed E-state index contributed by atoms with van der Waals surface area (Å²) >= 11 is 1.67. The molecule has 3 aromatic rings. The van der Waals surface area contributed by atoms with E-state index in [2.05, 4.69) is 17.1 Å². The number of rotatable bonds is 4. The van der Waals surface area contributed by atoms with E-state index in [0.29, 0.717) is 6.54 Å². The number of aromatic nitrogens is 2. The van der Waals surface area contributed by atoms with Crippen LogP contribution in [-0.2, 0) is 5.54 Å². The fraction of sp³-hybridized carbons (Fsp3) is 0.235. The van der Waals surface area contributed by atoms with Crippen molar-refractivity contribution in [1.29, 1.82) is 0 Å². The van der Waals surface area contributed by atoms with Gasteiger partial charge in [-0.05, 0) is 44.2 Å². The van der Waals surface area contributed by atoms with Crippen LogP contribution in [0.4, 0.5) is 0 Å². The molecule has 0 atom stereocenters. The molecule has 4 nitrogen and oxygen atoms in total. The lowest BCUT2D eigenvalue weighted by atomic mass is 10.1. The molecule has 3 rings (SSSR count). The van der Waals surface area contributed by atoms with Gasteiger partial charge in [-0.3, -0.25) is 4.57 Å². The van der Waals surface area contributed by atoms with Crippen LogP contribution in [0, 0.1) is 0 Å². The SMILES string of the molecule is CC(C)(CN)n1c(=O)[nH]c2cc(Sc3ccccc3)ccc21. The second kappa shape index (κ2) is 5.66. The number of hydrogen-bond donors (Lipinski definition) is 2. The number of H-pyrrole nitrogens is 1. The van der Waals surface area contributed by atoms with Gasteiger partial charge in [0, 0.05) is 16.3 Å². The van der Waals surface area contributed by atoms with Gasteiger partial charge >= 0.3 is 5.69 Å². The first-order valence-electron chi connectivity index (χ1n) is 7.19. The highest BCUT2D eigenvalue weighted by atomic mass is 32.2. The van der Waals surface area contributed by atoms with Crippen molar-refractivity contribution in [2.75, 3.05) is 6.54 Å². The molecular weight excluding hydrogens is 294 g/mol. The molecule has 5 heteroatoms. The molecule has 1 heterocycles. The minimum Gasteiger partial charge on any atom is -0.328 e. The number of aromatic amines is 1. The Balaban J connectivity index is 2.04. The maximum atomic E-state index is 12.3. The Labute approximate surface area is 133 Å². The number of fused-ring (bicyclic) bond motifs is 1. The standard InChI is InChI=1S/C17H19N3OS/c1-17(2,11-18)20-15-9-8-13(10-14(15)19-16(20)21)22-12-6-4-3-5-7-12/h3-10H,11,18H2,1-2H3,(H,19,21). The topological polar surface area (TPSA) is 63.8 Å². The Morgan fingerprint density at radius 1 is 1.14 bits per heavy atom. The van der Waals surface area contributed by atoms with Gasteiger partial charge in [0.1, 0.15) is 0 Å². The van der Waals surface area contributed by atoms with Gasteiger partial charge < -0.3 is 10.7 Å². The summed E-state index contributed by atoms with van der Waals surface area (Å²) in [6, 6.07) is 16.2. The lowest BCUT2D eigenvalue weighted by molar-refractivity contribution is 0.367. The third kappa shape index (κ3) is 2.69. The van der Waals surface area contributed by atoms with E-state index >= 15 is 0 Å².